The normalized spacial score (nSPS) is 13.0. The second-order valence-corrected chi connectivity index (χ2v) is 18.9. The molecule has 0 saturated carbocycles. The van der Waals surface area contributed by atoms with Crippen LogP contribution in [0.2, 0.25) is 0 Å². The van der Waals surface area contributed by atoms with Crippen LogP contribution >= 0.6 is 15.1 Å². The van der Waals surface area contributed by atoms with Gasteiger partial charge in [0.05, 0.1) is 7.14 Å². The Balaban J connectivity index is 4.94. The lowest BCUT2D eigenvalue weighted by molar-refractivity contribution is 0.555. The van der Waals surface area contributed by atoms with E-state index in [1.165, 1.54) is 173 Å². The summed E-state index contributed by atoms with van der Waals surface area (Å²) in [5, 5.41) is 0. The molecule has 0 aliphatic heterocycles. The van der Waals surface area contributed by atoms with Crippen LogP contribution < -0.4 is 0 Å². The highest BCUT2D eigenvalue weighted by Gasteiger charge is 2.30. The van der Waals surface area contributed by atoms with Crippen LogP contribution in [0, 0.1) is 0 Å². The fourth-order valence-corrected chi connectivity index (χ4v) is 13.1. The average molecular weight is 573 g/mol. The Morgan fingerprint density at radius 1 is 0.447 bits per heavy atom. The van der Waals surface area contributed by atoms with Gasteiger partial charge in [-0.05, 0) is 44.2 Å². The highest BCUT2D eigenvalue weighted by Crippen LogP contribution is 2.56. The SMILES string of the molecule is CCCCCCCCP(CCCCCCCC)CC(C)P(=O)(CCCCCCCC)CCCCCCCC. The third kappa shape index (κ3) is 23.4. The molecule has 0 aliphatic rings. The van der Waals surface area contributed by atoms with Crippen molar-refractivity contribution in [1.82, 2.24) is 0 Å². The topological polar surface area (TPSA) is 17.1 Å². The van der Waals surface area contributed by atoms with Crippen molar-refractivity contribution < 1.29 is 4.57 Å². The summed E-state index contributed by atoms with van der Waals surface area (Å²) >= 11 is 0. The van der Waals surface area contributed by atoms with E-state index in [1.807, 2.05) is 0 Å². The lowest BCUT2D eigenvalue weighted by Gasteiger charge is -2.29. The number of hydrogen-bond donors (Lipinski definition) is 0. The first-order valence-electron chi connectivity index (χ1n) is 17.8. The highest BCUT2D eigenvalue weighted by atomic mass is 31.2. The van der Waals surface area contributed by atoms with Crippen LogP contribution in [0.3, 0.4) is 0 Å². The first-order chi connectivity index (χ1) is 18.5. The first kappa shape index (κ1) is 38.7. The van der Waals surface area contributed by atoms with E-state index in [2.05, 4.69) is 34.6 Å². The van der Waals surface area contributed by atoms with Gasteiger partial charge in [0.15, 0.2) is 0 Å². The smallest absolute Gasteiger partial charge is 0.0907 e. The standard InChI is InChI=1S/C35H74OP2/c1-6-10-14-18-22-26-30-37(31-27-23-19-15-11-7-2)34-35(5)38(36,32-28-24-20-16-12-8-3)33-29-25-21-17-13-9-4/h35H,6-34H2,1-5H3. The Hall–Kier alpha value is 0.660. The molecule has 1 atom stereocenters. The van der Waals surface area contributed by atoms with Crippen LogP contribution in [-0.4, -0.2) is 36.5 Å². The van der Waals surface area contributed by atoms with Crippen LogP contribution in [0.1, 0.15) is 189 Å². The second-order valence-electron chi connectivity index (χ2n) is 12.6. The monoisotopic (exact) mass is 573 g/mol. The van der Waals surface area contributed by atoms with Crippen molar-refractivity contribution in [2.75, 3.05) is 30.8 Å². The summed E-state index contributed by atoms with van der Waals surface area (Å²) in [7, 11) is -2.01. The Morgan fingerprint density at radius 2 is 0.737 bits per heavy atom. The molecular weight excluding hydrogens is 498 g/mol. The van der Waals surface area contributed by atoms with Crippen molar-refractivity contribution in [3.63, 3.8) is 0 Å². The minimum absolute atomic E-state index is 0.0611. The van der Waals surface area contributed by atoms with Gasteiger partial charge < -0.3 is 4.57 Å². The summed E-state index contributed by atoms with van der Waals surface area (Å²) in [5.74, 6) is 0. The highest BCUT2D eigenvalue weighted by molar-refractivity contribution is 7.66. The van der Waals surface area contributed by atoms with Gasteiger partial charge in [-0.15, -0.1) is 7.92 Å². The summed E-state index contributed by atoms with van der Waals surface area (Å²) in [6.45, 7) is 11.6. The predicted octanol–water partition coefficient (Wildman–Crippen LogP) is 13.7. The van der Waals surface area contributed by atoms with Gasteiger partial charge in [-0.2, -0.15) is 0 Å². The minimum Gasteiger partial charge on any atom is -0.323 e. The molecule has 0 aromatic carbocycles. The molecule has 0 heterocycles. The van der Waals surface area contributed by atoms with Crippen molar-refractivity contribution in [3.8, 4) is 0 Å². The Labute approximate surface area is 244 Å². The Morgan fingerprint density at radius 3 is 1.08 bits per heavy atom. The zero-order valence-electron chi connectivity index (χ0n) is 27.4. The first-order valence-corrected chi connectivity index (χ1v) is 21.9. The maximum atomic E-state index is 14.5. The van der Waals surface area contributed by atoms with Gasteiger partial charge in [0.1, 0.15) is 0 Å². The van der Waals surface area contributed by atoms with E-state index < -0.39 is 7.14 Å². The van der Waals surface area contributed by atoms with Crippen LogP contribution in [0.25, 0.3) is 0 Å². The molecule has 0 fully saturated rings. The largest absolute Gasteiger partial charge is 0.323 e. The van der Waals surface area contributed by atoms with Crippen molar-refractivity contribution >= 4 is 15.1 Å². The third-order valence-corrected chi connectivity index (χ3v) is 15.9. The van der Waals surface area contributed by atoms with E-state index in [0.717, 1.165) is 12.3 Å². The quantitative estimate of drug-likeness (QED) is 0.0596. The molecule has 0 rings (SSSR count). The lowest BCUT2D eigenvalue weighted by atomic mass is 10.1. The number of unbranched alkanes of at least 4 members (excludes halogenated alkanes) is 20. The molecule has 0 spiro atoms. The van der Waals surface area contributed by atoms with E-state index >= 15 is 0 Å². The van der Waals surface area contributed by atoms with Crippen molar-refractivity contribution in [2.45, 2.75) is 194 Å². The predicted molar refractivity (Wildman–Crippen MR) is 182 cm³/mol. The van der Waals surface area contributed by atoms with Crippen molar-refractivity contribution in [1.29, 1.82) is 0 Å². The van der Waals surface area contributed by atoms with Crippen molar-refractivity contribution in [3.05, 3.63) is 0 Å². The number of rotatable bonds is 31. The Kier molecular flexibility index (Phi) is 29.7. The van der Waals surface area contributed by atoms with E-state index in [-0.39, 0.29) is 7.92 Å². The van der Waals surface area contributed by atoms with Gasteiger partial charge in [0.25, 0.3) is 0 Å². The maximum Gasteiger partial charge on any atom is 0.0907 e. The summed E-state index contributed by atoms with van der Waals surface area (Å²) < 4.78 is 14.5. The van der Waals surface area contributed by atoms with Crippen LogP contribution in [-0.2, 0) is 4.57 Å². The molecule has 0 amide bonds. The third-order valence-electron chi connectivity index (χ3n) is 8.76. The molecular formula is C35H74OP2. The summed E-state index contributed by atoms with van der Waals surface area (Å²) in [6.07, 6.45) is 39.1. The van der Waals surface area contributed by atoms with E-state index in [0.29, 0.717) is 5.66 Å². The molecule has 1 nitrogen and oxygen atoms in total. The molecule has 0 aliphatic carbocycles. The molecule has 0 radical (unpaired) electrons. The molecule has 3 heteroatoms. The molecule has 0 bridgehead atoms. The van der Waals surface area contributed by atoms with Crippen molar-refractivity contribution in [2.24, 2.45) is 0 Å². The van der Waals surface area contributed by atoms with Gasteiger partial charge >= 0.3 is 0 Å². The molecule has 38 heavy (non-hydrogen) atoms. The maximum absolute atomic E-state index is 14.5. The van der Waals surface area contributed by atoms with E-state index in [4.69, 9.17) is 0 Å². The summed E-state index contributed by atoms with van der Waals surface area (Å²) in [5.41, 5.74) is 0.472. The molecule has 1 unspecified atom stereocenters. The van der Waals surface area contributed by atoms with E-state index in [1.54, 1.807) is 0 Å². The van der Waals surface area contributed by atoms with Gasteiger partial charge in [0, 0.05) is 18.0 Å². The van der Waals surface area contributed by atoms with Gasteiger partial charge in [-0.3, -0.25) is 0 Å². The molecule has 0 N–H and O–H groups in total. The molecule has 0 aromatic heterocycles. The van der Waals surface area contributed by atoms with Gasteiger partial charge in [-0.1, -0.05) is 163 Å². The molecule has 0 aromatic rings. The zero-order valence-corrected chi connectivity index (χ0v) is 29.2. The van der Waals surface area contributed by atoms with Crippen LogP contribution in [0.15, 0.2) is 0 Å². The zero-order chi connectivity index (χ0) is 28.2. The van der Waals surface area contributed by atoms with Crippen LogP contribution in [0.5, 0.6) is 0 Å². The van der Waals surface area contributed by atoms with Gasteiger partial charge in [0.2, 0.25) is 0 Å². The second kappa shape index (κ2) is 29.2. The lowest BCUT2D eigenvalue weighted by Crippen LogP contribution is -2.16. The van der Waals surface area contributed by atoms with Crippen LogP contribution in [0.4, 0.5) is 0 Å². The molecule has 230 valence electrons. The molecule has 0 saturated heterocycles. The average Bonchev–Trinajstić information content (AvgIpc) is 2.91. The fraction of sp³-hybridized carbons (Fsp3) is 1.00. The minimum atomic E-state index is -2.07. The summed E-state index contributed by atoms with van der Waals surface area (Å²) in [6, 6.07) is 0. The van der Waals surface area contributed by atoms with E-state index in [9.17, 15) is 4.57 Å². The Bertz CT molecular complexity index is 470. The summed E-state index contributed by atoms with van der Waals surface area (Å²) in [4.78, 5) is 0. The number of hydrogen-bond acceptors (Lipinski definition) is 1. The van der Waals surface area contributed by atoms with Gasteiger partial charge in [-0.25, -0.2) is 0 Å². The fourth-order valence-electron chi connectivity index (χ4n) is 5.92.